The Morgan fingerprint density at radius 2 is 1.95 bits per heavy atom. The van der Waals surface area contributed by atoms with Crippen molar-refractivity contribution in [1.29, 1.82) is 5.26 Å². The topological polar surface area (TPSA) is 126 Å². The highest BCUT2D eigenvalue weighted by molar-refractivity contribution is 5.92. The molecule has 0 aliphatic carbocycles. The van der Waals surface area contributed by atoms with E-state index in [4.69, 9.17) is 19.7 Å². The highest BCUT2D eigenvalue weighted by atomic mass is 19.1. The van der Waals surface area contributed by atoms with Crippen LogP contribution in [0.5, 0.6) is 5.88 Å². The van der Waals surface area contributed by atoms with Crippen LogP contribution in [0.4, 0.5) is 4.39 Å². The Balaban J connectivity index is 1.14. The Morgan fingerprint density at radius 3 is 2.66 bits per heavy atom. The first kappa shape index (κ1) is 26.8. The van der Waals surface area contributed by atoms with Gasteiger partial charge in [-0.15, -0.1) is 0 Å². The van der Waals surface area contributed by atoms with Gasteiger partial charge in [0.2, 0.25) is 5.88 Å². The molecule has 2 aliphatic rings. The number of nitriles is 1. The first-order valence-electron chi connectivity index (χ1n) is 13.7. The molecule has 4 aromatic rings. The number of carboxylic acids is 1. The van der Waals surface area contributed by atoms with Gasteiger partial charge in [-0.25, -0.2) is 19.2 Å². The number of nitrogens with zero attached hydrogens (tertiary/aromatic N) is 6. The van der Waals surface area contributed by atoms with E-state index in [1.54, 1.807) is 42.7 Å². The molecule has 0 spiro atoms. The fourth-order valence-corrected chi connectivity index (χ4v) is 5.43. The maximum absolute atomic E-state index is 14.3. The molecule has 0 bridgehead atoms. The van der Waals surface area contributed by atoms with Gasteiger partial charge in [0.25, 0.3) is 0 Å². The van der Waals surface area contributed by atoms with Crippen molar-refractivity contribution in [3.63, 3.8) is 0 Å². The van der Waals surface area contributed by atoms with Crippen LogP contribution in [0.1, 0.15) is 58.2 Å². The Hall–Kier alpha value is -4.40. The summed E-state index contributed by atoms with van der Waals surface area (Å²) in [6, 6.07) is 11.3. The molecule has 41 heavy (non-hydrogen) atoms. The molecule has 0 unspecified atom stereocenters. The molecule has 2 aromatic heterocycles. The molecule has 11 heteroatoms. The fourth-order valence-electron chi connectivity index (χ4n) is 5.43. The van der Waals surface area contributed by atoms with Crippen LogP contribution in [0, 0.1) is 17.1 Å². The third-order valence-electron chi connectivity index (χ3n) is 7.83. The summed E-state index contributed by atoms with van der Waals surface area (Å²) >= 11 is 0. The number of hydrogen-bond donors (Lipinski definition) is 1. The molecule has 0 radical (unpaired) electrons. The first-order valence-corrected chi connectivity index (χ1v) is 13.7. The minimum atomic E-state index is -0.961. The average Bonchev–Trinajstić information content (AvgIpc) is 3.30. The summed E-state index contributed by atoms with van der Waals surface area (Å²) in [5.41, 5.74) is 3.20. The molecule has 2 aromatic carbocycles. The number of carboxylic acid groups (broad SMARTS) is 1. The molecule has 2 saturated heterocycles. The number of imidazole rings is 1. The van der Waals surface area contributed by atoms with E-state index in [-0.39, 0.29) is 29.8 Å². The SMILES string of the molecule is N#Cc1ccc(COc2nccnc2C2CCN(Cc3nc4ccc(C(=O)O)cc4n3C[C@@H]3CCO3)CC2)c(F)c1. The number of ether oxygens (including phenoxy) is 2. The van der Waals surface area contributed by atoms with Crippen molar-refractivity contribution >= 4 is 17.0 Å². The van der Waals surface area contributed by atoms with Crippen molar-refractivity contribution < 1.29 is 23.8 Å². The zero-order valence-electron chi connectivity index (χ0n) is 22.4. The Morgan fingerprint density at radius 1 is 1.15 bits per heavy atom. The monoisotopic (exact) mass is 556 g/mol. The van der Waals surface area contributed by atoms with Gasteiger partial charge >= 0.3 is 5.97 Å². The van der Waals surface area contributed by atoms with Crippen LogP contribution in [0.2, 0.25) is 0 Å². The lowest BCUT2D eigenvalue weighted by Gasteiger charge is -2.32. The molecule has 6 rings (SSSR count). The molecule has 1 atom stereocenters. The van der Waals surface area contributed by atoms with E-state index in [1.165, 1.54) is 6.07 Å². The lowest BCUT2D eigenvalue weighted by molar-refractivity contribution is -0.0592. The predicted octanol–water partition coefficient (Wildman–Crippen LogP) is 4.28. The van der Waals surface area contributed by atoms with E-state index in [9.17, 15) is 14.3 Å². The summed E-state index contributed by atoms with van der Waals surface area (Å²) in [5, 5.41) is 18.5. The smallest absolute Gasteiger partial charge is 0.335 e. The number of hydrogen-bond acceptors (Lipinski definition) is 8. The van der Waals surface area contributed by atoms with E-state index >= 15 is 0 Å². The van der Waals surface area contributed by atoms with Crippen molar-refractivity contribution in [2.45, 2.75) is 51.0 Å². The molecule has 2 aliphatic heterocycles. The van der Waals surface area contributed by atoms with Gasteiger partial charge < -0.3 is 19.1 Å². The number of aromatic nitrogens is 4. The molecular formula is C30H29FN6O4. The van der Waals surface area contributed by atoms with Gasteiger partial charge in [0.15, 0.2) is 0 Å². The largest absolute Gasteiger partial charge is 0.478 e. The highest BCUT2D eigenvalue weighted by Gasteiger charge is 2.28. The van der Waals surface area contributed by atoms with E-state index in [2.05, 4.69) is 19.4 Å². The second-order valence-corrected chi connectivity index (χ2v) is 10.4. The molecule has 1 N–H and O–H groups in total. The number of rotatable bonds is 9. The van der Waals surface area contributed by atoms with E-state index in [1.807, 2.05) is 6.07 Å². The van der Waals surface area contributed by atoms with Crippen molar-refractivity contribution in [1.82, 2.24) is 24.4 Å². The summed E-state index contributed by atoms with van der Waals surface area (Å²) in [7, 11) is 0. The van der Waals surface area contributed by atoms with Crippen molar-refractivity contribution in [3.8, 4) is 11.9 Å². The summed E-state index contributed by atoms with van der Waals surface area (Å²) in [5.74, 6) is -0.0220. The van der Waals surface area contributed by atoms with Crippen molar-refractivity contribution in [3.05, 3.63) is 82.8 Å². The van der Waals surface area contributed by atoms with Crippen LogP contribution in [0.15, 0.2) is 48.8 Å². The summed E-state index contributed by atoms with van der Waals surface area (Å²) < 4.78 is 28.0. The Bertz CT molecular complexity index is 1620. The standard InChI is InChI=1S/C30H29FN6O4/c31-24-13-19(15-32)1-2-22(24)18-41-29-28(33-8-9-34-29)20-5-10-36(11-6-20)17-27-35-25-4-3-21(30(38)39)14-26(25)37(27)16-23-7-12-40-23/h1-4,8-9,13-14,20,23H,5-7,10-12,16-18H2,(H,38,39)/t23-/m0/s1. The second-order valence-electron chi connectivity index (χ2n) is 10.4. The third kappa shape index (κ3) is 5.75. The van der Waals surface area contributed by atoms with Crippen molar-refractivity contribution in [2.75, 3.05) is 19.7 Å². The number of fused-ring (bicyclic) bond motifs is 1. The maximum Gasteiger partial charge on any atom is 0.335 e. The van der Waals surface area contributed by atoms with Gasteiger partial charge in [0.05, 0.1) is 47.4 Å². The van der Waals surface area contributed by atoms with E-state index in [0.717, 1.165) is 61.5 Å². The van der Waals surface area contributed by atoms with Crippen LogP contribution in [-0.4, -0.2) is 61.3 Å². The number of aromatic carboxylic acids is 1. The zero-order chi connectivity index (χ0) is 28.3. The first-order chi connectivity index (χ1) is 20.0. The van der Waals surface area contributed by atoms with Gasteiger partial charge in [0, 0.05) is 30.5 Å². The Kier molecular flexibility index (Phi) is 7.59. The molecule has 10 nitrogen and oxygen atoms in total. The van der Waals surface area contributed by atoms with Crippen molar-refractivity contribution in [2.24, 2.45) is 0 Å². The highest BCUT2D eigenvalue weighted by Crippen LogP contribution is 2.33. The van der Waals surface area contributed by atoms with Gasteiger partial charge in [0.1, 0.15) is 23.9 Å². The van der Waals surface area contributed by atoms with Crippen LogP contribution in [-0.2, 0) is 24.4 Å². The minimum Gasteiger partial charge on any atom is -0.478 e. The van der Waals surface area contributed by atoms with Gasteiger partial charge in [-0.05, 0) is 62.7 Å². The van der Waals surface area contributed by atoms with Gasteiger partial charge in [-0.3, -0.25) is 9.88 Å². The van der Waals surface area contributed by atoms with E-state index in [0.29, 0.717) is 24.5 Å². The number of halogens is 1. The normalized spacial score (nSPS) is 17.7. The molecule has 0 amide bonds. The quantitative estimate of drug-likeness (QED) is 0.321. The number of benzene rings is 2. The van der Waals surface area contributed by atoms with Gasteiger partial charge in [-0.1, -0.05) is 6.07 Å². The third-order valence-corrected chi connectivity index (χ3v) is 7.83. The van der Waals surface area contributed by atoms with Crippen LogP contribution < -0.4 is 4.74 Å². The number of piperidine rings is 1. The molecular weight excluding hydrogens is 527 g/mol. The second kappa shape index (κ2) is 11.6. The predicted molar refractivity (Wildman–Crippen MR) is 146 cm³/mol. The average molecular weight is 557 g/mol. The molecule has 4 heterocycles. The summed E-state index contributed by atoms with van der Waals surface area (Å²) in [4.78, 5) is 27.7. The van der Waals surface area contributed by atoms with Gasteiger partial charge in [-0.2, -0.15) is 5.26 Å². The molecule has 2 fully saturated rings. The Labute approximate surface area is 236 Å². The molecule has 0 saturated carbocycles. The molecule has 210 valence electrons. The lowest BCUT2D eigenvalue weighted by atomic mass is 9.93. The summed E-state index contributed by atoms with van der Waals surface area (Å²) in [6.07, 6.45) is 5.98. The number of carbonyl (C=O) groups is 1. The maximum atomic E-state index is 14.3. The summed E-state index contributed by atoms with van der Waals surface area (Å²) in [6.45, 7) is 3.65. The van der Waals surface area contributed by atoms with E-state index < -0.39 is 11.8 Å². The zero-order valence-corrected chi connectivity index (χ0v) is 22.4. The lowest BCUT2D eigenvalue weighted by Crippen LogP contribution is -2.35. The number of likely N-dealkylation sites (tertiary alicyclic amines) is 1. The van der Waals surface area contributed by atoms with Crippen LogP contribution in [0.3, 0.4) is 0 Å². The van der Waals surface area contributed by atoms with Crippen LogP contribution in [0.25, 0.3) is 11.0 Å². The fraction of sp³-hybridized carbons (Fsp3) is 0.367. The minimum absolute atomic E-state index is 0.00734. The van der Waals surface area contributed by atoms with Crippen LogP contribution >= 0.6 is 0 Å².